The molecule has 1 aliphatic heterocycles. The van der Waals surface area contributed by atoms with Gasteiger partial charge in [0.05, 0.1) is 11.9 Å². The second-order valence-electron chi connectivity index (χ2n) is 5.35. The maximum Gasteiger partial charge on any atom is 0.324 e. The van der Waals surface area contributed by atoms with Gasteiger partial charge in [-0.15, -0.1) is 0 Å². The van der Waals surface area contributed by atoms with Crippen LogP contribution in [0.5, 0.6) is 0 Å². The Morgan fingerprint density at radius 1 is 1.23 bits per heavy atom. The highest BCUT2D eigenvalue weighted by atomic mass is 16.5. The van der Waals surface area contributed by atoms with Crippen LogP contribution in [0.1, 0.15) is 25.0 Å². The second-order valence-corrected chi connectivity index (χ2v) is 5.35. The first kappa shape index (κ1) is 14.4. The molecular formula is C15H19N5O2. The molecule has 7 heteroatoms. The molecular weight excluding hydrogens is 282 g/mol. The minimum Gasteiger partial charge on any atom is -0.360 e. The normalized spacial score (nSPS) is 14.7. The summed E-state index contributed by atoms with van der Waals surface area (Å²) in [4.78, 5) is 18.5. The fraction of sp³-hybridized carbons (Fsp3) is 0.400. The van der Waals surface area contributed by atoms with Crippen LogP contribution in [0.4, 0.5) is 22.1 Å². The van der Waals surface area contributed by atoms with Crippen LogP contribution in [-0.4, -0.2) is 29.3 Å². The van der Waals surface area contributed by atoms with Gasteiger partial charge in [0.25, 0.3) is 0 Å². The van der Waals surface area contributed by atoms with E-state index in [1.165, 1.54) is 19.3 Å². The molecule has 2 amide bonds. The fourth-order valence-electron chi connectivity index (χ4n) is 2.47. The van der Waals surface area contributed by atoms with Crippen molar-refractivity contribution in [2.75, 3.05) is 28.6 Å². The van der Waals surface area contributed by atoms with E-state index in [0.717, 1.165) is 18.9 Å². The van der Waals surface area contributed by atoms with Crippen LogP contribution in [0.3, 0.4) is 0 Å². The molecule has 0 radical (unpaired) electrons. The van der Waals surface area contributed by atoms with Crippen LogP contribution in [-0.2, 0) is 0 Å². The topological polar surface area (TPSA) is 83.3 Å². The molecule has 2 N–H and O–H groups in total. The molecule has 7 nitrogen and oxygen atoms in total. The second kappa shape index (κ2) is 6.46. The van der Waals surface area contributed by atoms with Gasteiger partial charge in [0.1, 0.15) is 11.6 Å². The number of hydrogen-bond donors (Lipinski definition) is 2. The van der Waals surface area contributed by atoms with E-state index >= 15 is 0 Å². The maximum atomic E-state index is 11.8. The molecule has 1 aliphatic rings. The van der Waals surface area contributed by atoms with Crippen molar-refractivity contribution in [3.05, 3.63) is 30.2 Å². The summed E-state index contributed by atoms with van der Waals surface area (Å²) in [6.45, 7) is 3.86. The highest BCUT2D eigenvalue weighted by Crippen LogP contribution is 2.19. The van der Waals surface area contributed by atoms with Crippen molar-refractivity contribution in [2.24, 2.45) is 0 Å². The number of pyridine rings is 1. The molecule has 1 fully saturated rings. The third-order valence-electron chi connectivity index (χ3n) is 3.56. The molecule has 0 atom stereocenters. The average molecular weight is 301 g/mol. The van der Waals surface area contributed by atoms with Crippen molar-refractivity contribution in [3.8, 4) is 0 Å². The number of hydrogen-bond acceptors (Lipinski definition) is 5. The Balaban J connectivity index is 1.57. The molecule has 22 heavy (non-hydrogen) atoms. The van der Waals surface area contributed by atoms with Crippen molar-refractivity contribution < 1.29 is 9.32 Å². The molecule has 0 aliphatic carbocycles. The number of anilines is 3. The lowest BCUT2D eigenvalue weighted by atomic mass is 10.1. The number of amides is 2. The number of carbonyl (C=O) groups is 1. The lowest BCUT2D eigenvalue weighted by Gasteiger charge is -2.27. The summed E-state index contributed by atoms with van der Waals surface area (Å²) < 4.78 is 4.89. The molecule has 0 aromatic carbocycles. The third-order valence-corrected chi connectivity index (χ3v) is 3.56. The number of aromatic nitrogens is 2. The van der Waals surface area contributed by atoms with Crippen LogP contribution >= 0.6 is 0 Å². The van der Waals surface area contributed by atoms with Crippen molar-refractivity contribution in [1.82, 2.24) is 10.1 Å². The first-order valence-electron chi connectivity index (χ1n) is 7.43. The molecule has 2 aromatic heterocycles. The quantitative estimate of drug-likeness (QED) is 0.910. The summed E-state index contributed by atoms with van der Waals surface area (Å²) in [5, 5.41) is 9.02. The SMILES string of the molecule is Cc1cc(NC(=O)Nc2ccc(N3CCCCC3)nc2)no1. The molecule has 1 saturated heterocycles. The zero-order valence-corrected chi connectivity index (χ0v) is 12.5. The summed E-state index contributed by atoms with van der Waals surface area (Å²) in [5.41, 5.74) is 0.637. The fourth-order valence-corrected chi connectivity index (χ4v) is 2.47. The Hall–Kier alpha value is -2.57. The Bertz CT molecular complexity index is 632. The number of urea groups is 1. The zero-order valence-electron chi connectivity index (χ0n) is 12.5. The van der Waals surface area contributed by atoms with Gasteiger partial charge in [0.2, 0.25) is 0 Å². The van der Waals surface area contributed by atoms with E-state index in [1.54, 1.807) is 19.2 Å². The van der Waals surface area contributed by atoms with E-state index < -0.39 is 0 Å². The van der Waals surface area contributed by atoms with Gasteiger partial charge < -0.3 is 14.7 Å². The predicted molar refractivity (Wildman–Crippen MR) is 84.2 cm³/mol. The highest BCUT2D eigenvalue weighted by molar-refractivity contribution is 5.99. The van der Waals surface area contributed by atoms with E-state index in [4.69, 9.17) is 4.52 Å². The molecule has 0 saturated carbocycles. The Labute approximate surface area is 128 Å². The molecule has 2 aromatic rings. The van der Waals surface area contributed by atoms with Crippen molar-refractivity contribution in [1.29, 1.82) is 0 Å². The lowest BCUT2D eigenvalue weighted by molar-refractivity contribution is 0.262. The largest absolute Gasteiger partial charge is 0.360 e. The molecule has 0 unspecified atom stereocenters. The summed E-state index contributed by atoms with van der Waals surface area (Å²) in [6, 6.07) is 5.06. The van der Waals surface area contributed by atoms with Gasteiger partial charge in [-0.2, -0.15) is 0 Å². The smallest absolute Gasteiger partial charge is 0.324 e. The molecule has 0 spiro atoms. The van der Waals surface area contributed by atoms with E-state index in [0.29, 0.717) is 17.3 Å². The van der Waals surface area contributed by atoms with Gasteiger partial charge in [-0.3, -0.25) is 5.32 Å². The Morgan fingerprint density at radius 3 is 2.68 bits per heavy atom. The van der Waals surface area contributed by atoms with Crippen molar-refractivity contribution >= 4 is 23.4 Å². The van der Waals surface area contributed by atoms with Gasteiger partial charge in [-0.25, -0.2) is 9.78 Å². The monoisotopic (exact) mass is 301 g/mol. The zero-order chi connectivity index (χ0) is 15.4. The Kier molecular flexibility index (Phi) is 4.22. The van der Waals surface area contributed by atoms with Gasteiger partial charge in [-0.05, 0) is 38.3 Å². The molecule has 3 rings (SSSR count). The van der Waals surface area contributed by atoms with E-state index in [2.05, 4.69) is 25.7 Å². The van der Waals surface area contributed by atoms with Gasteiger partial charge in [-0.1, -0.05) is 5.16 Å². The van der Waals surface area contributed by atoms with E-state index in [9.17, 15) is 4.79 Å². The standard InChI is InChI=1S/C15H19N5O2/c1-11-9-13(19-22-11)18-15(21)17-12-5-6-14(16-10-12)20-7-3-2-4-8-20/h5-6,9-10H,2-4,7-8H2,1H3,(H2,17,18,19,21). The van der Waals surface area contributed by atoms with E-state index in [-0.39, 0.29) is 6.03 Å². The maximum absolute atomic E-state index is 11.8. The van der Waals surface area contributed by atoms with Gasteiger partial charge in [0.15, 0.2) is 5.82 Å². The number of piperidine rings is 1. The number of aryl methyl sites for hydroxylation is 1. The van der Waals surface area contributed by atoms with Gasteiger partial charge in [0, 0.05) is 19.2 Å². The number of nitrogens with zero attached hydrogens (tertiary/aromatic N) is 3. The number of carbonyl (C=O) groups excluding carboxylic acids is 1. The number of nitrogens with one attached hydrogen (secondary N) is 2. The van der Waals surface area contributed by atoms with Crippen LogP contribution < -0.4 is 15.5 Å². The highest BCUT2D eigenvalue weighted by Gasteiger charge is 2.12. The summed E-state index contributed by atoms with van der Waals surface area (Å²) >= 11 is 0. The Morgan fingerprint density at radius 2 is 2.05 bits per heavy atom. The summed E-state index contributed by atoms with van der Waals surface area (Å²) in [7, 11) is 0. The number of rotatable bonds is 3. The van der Waals surface area contributed by atoms with Gasteiger partial charge >= 0.3 is 6.03 Å². The molecule has 116 valence electrons. The molecule has 0 bridgehead atoms. The first-order chi connectivity index (χ1) is 10.7. The van der Waals surface area contributed by atoms with Crippen LogP contribution in [0.2, 0.25) is 0 Å². The average Bonchev–Trinajstić information content (AvgIpc) is 2.94. The third kappa shape index (κ3) is 3.55. The van der Waals surface area contributed by atoms with Crippen LogP contribution in [0.25, 0.3) is 0 Å². The first-order valence-corrected chi connectivity index (χ1v) is 7.43. The van der Waals surface area contributed by atoms with Crippen molar-refractivity contribution in [2.45, 2.75) is 26.2 Å². The molecule has 3 heterocycles. The lowest BCUT2D eigenvalue weighted by Crippen LogP contribution is -2.30. The van der Waals surface area contributed by atoms with Crippen LogP contribution in [0, 0.1) is 6.92 Å². The minimum atomic E-state index is -0.374. The summed E-state index contributed by atoms with van der Waals surface area (Å²) in [5.74, 6) is 1.98. The van der Waals surface area contributed by atoms with E-state index in [1.807, 2.05) is 12.1 Å². The summed E-state index contributed by atoms with van der Waals surface area (Å²) in [6.07, 6.45) is 5.37. The van der Waals surface area contributed by atoms with Crippen LogP contribution in [0.15, 0.2) is 28.9 Å². The minimum absolute atomic E-state index is 0.374. The predicted octanol–water partition coefficient (Wildman–Crippen LogP) is 3.01. The van der Waals surface area contributed by atoms with Crippen molar-refractivity contribution in [3.63, 3.8) is 0 Å².